The van der Waals surface area contributed by atoms with Crippen LogP contribution in [0.5, 0.6) is 5.75 Å². The van der Waals surface area contributed by atoms with Crippen molar-refractivity contribution >= 4 is 11.3 Å². The molecule has 96 valence electrons. The van der Waals surface area contributed by atoms with E-state index in [9.17, 15) is 0 Å². The Morgan fingerprint density at radius 3 is 2.78 bits per heavy atom. The van der Waals surface area contributed by atoms with Gasteiger partial charge in [0.05, 0.1) is 7.11 Å². The van der Waals surface area contributed by atoms with Gasteiger partial charge in [0.25, 0.3) is 0 Å². The molecule has 0 spiro atoms. The molecule has 1 N–H and O–H groups in total. The van der Waals surface area contributed by atoms with Gasteiger partial charge in [-0.2, -0.15) is 0 Å². The molecule has 0 radical (unpaired) electrons. The summed E-state index contributed by atoms with van der Waals surface area (Å²) >= 11 is 1.80. The van der Waals surface area contributed by atoms with Crippen LogP contribution in [0.15, 0.2) is 35.7 Å². The lowest BCUT2D eigenvalue weighted by Crippen LogP contribution is -2.19. The van der Waals surface area contributed by atoms with Crippen molar-refractivity contribution in [3.05, 3.63) is 51.7 Å². The number of aryl methyl sites for hydroxylation is 1. The first kappa shape index (κ1) is 13.1. The van der Waals surface area contributed by atoms with Crippen LogP contribution >= 0.6 is 11.3 Å². The van der Waals surface area contributed by atoms with E-state index in [2.05, 4.69) is 48.0 Å². The number of ether oxygens (including phenoxy) is 1. The molecule has 1 unspecified atom stereocenters. The van der Waals surface area contributed by atoms with Gasteiger partial charge in [-0.25, -0.2) is 0 Å². The summed E-state index contributed by atoms with van der Waals surface area (Å²) in [5, 5.41) is 5.50. The van der Waals surface area contributed by atoms with Crippen LogP contribution in [-0.4, -0.2) is 14.2 Å². The van der Waals surface area contributed by atoms with Gasteiger partial charge in [0.15, 0.2) is 0 Å². The summed E-state index contributed by atoms with van der Waals surface area (Å²) in [5.74, 6) is 0.964. The molecule has 1 heterocycles. The third-order valence-electron chi connectivity index (χ3n) is 3.10. The standard InChI is InChI=1S/C15H19NOS/c1-11-6-7-13(15(9-11)17-3)14(16-2)10-12-5-4-8-18-12/h4-9,14,16H,10H2,1-3H3. The van der Waals surface area contributed by atoms with Crippen molar-refractivity contribution in [2.75, 3.05) is 14.2 Å². The highest BCUT2D eigenvalue weighted by Gasteiger charge is 2.15. The second-order valence-corrected chi connectivity index (χ2v) is 5.40. The Bertz CT molecular complexity index is 493. The maximum absolute atomic E-state index is 5.49. The van der Waals surface area contributed by atoms with Gasteiger partial charge >= 0.3 is 0 Å². The Hall–Kier alpha value is -1.32. The predicted octanol–water partition coefficient (Wildman–Crippen LogP) is 3.57. The molecule has 0 bridgehead atoms. The molecule has 0 aliphatic rings. The van der Waals surface area contributed by atoms with Crippen LogP contribution < -0.4 is 10.1 Å². The quantitative estimate of drug-likeness (QED) is 0.888. The fourth-order valence-electron chi connectivity index (χ4n) is 2.10. The minimum atomic E-state index is 0.291. The Balaban J connectivity index is 2.26. The van der Waals surface area contributed by atoms with E-state index in [0.29, 0.717) is 6.04 Å². The topological polar surface area (TPSA) is 21.3 Å². The zero-order chi connectivity index (χ0) is 13.0. The molecular formula is C15H19NOS. The maximum Gasteiger partial charge on any atom is 0.123 e. The van der Waals surface area contributed by atoms with E-state index >= 15 is 0 Å². The molecule has 0 aliphatic carbocycles. The van der Waals surface area contributed by atoms with Gasteiger partial charge in [-0.05, 0) is 37.0 Å². The molecule has 18 heavy (non-hydrogen) atoms. The molecule has 2 rings (SSSR count). The third kappa shape index (κ3) is 2.92. The molecule has 1 atom stereocenters. The van der Waals surface area contributed by atoms with Crippen molar-refractivity contribution in [1.82, 2.24) is 5.32 Å². The lowest BCUT2D eigenvalue weighted by molar-refractivity contribution is 0.401. The number of likely N-dealkylation sites (N-methyl/N-ethyl adjacent to an activating group) is 1. The van der Waals surface area contributed by atoms with Gasteiger partial charge in [0.1, 0.15) is 5.75 Å². The molecule has 0 saturated carbocycles. The number of hydrogen-bond acceptors (Lipinski definition) is 3. The van der Waals surface area contributed by atoms with Crippen molar-refractivity contribution in [1.29, 1.82) is 0 Å². The van der Waals surface area contributed by atoms with Gasteiger partial charge < -0.3 is 10.1 Å². The summed E-state index contributed by atoms with van der Waals surface area (Å²) in [6.45, 7) is 2.08. The van der Waals surface area contributed by atoms with E-state index in [-0.39, 0.29) is 0 Å². The average molecular weight is 261 g/mol. The van der Waals surface area contributed by atoms with E-state index in [0.717, 1.165) is 12.2 Å². The first-order chi connectivity index (χ1) is 8.74. The number of thiophene rings is 1. The minimum Gasteiger partial charge on any atom is -0.496 e. The number of benzene rings is 1. The molecular weight excluding hydrogens is 242 g/mol. The summed E-state index contributed by atoms with van der Waals surface area (Å²) < 4.78 is 5.49. The fraction of sp³-hybridized carbons (Fsp3) is 0.333. The Morgan fingerprint density at radius 2 is 2.17 bits per heavy atom. The zero-order valence-corrected chi connectivity index (χ0v) is 11.9. The predicted molar refractivity (Wildman–Crippen MR) is 77.6 cm³/mol. The lowest BCUT2D eigenvalue weighted by Gasteiger charge is -2.19. The van der Waals surface area contributed by atoms with Gasteiger partial charge in [0, 0.05) is 22.9 Å². The number of hydrogen-bond donors (Lipinski definition) is 1. The minimum absolute atomic E-state index is 0.291. The van der Waals surface area contributed by atoms with Crippen molar-refractivity contribution in [2.24, 2.45) is 0 Å². The molecule has 1 aromatic carbocycles. The SMILES string of the molecule is CNC(Cc1cccs1)c1ccc(C)cc1OC. The molecule has 3 heteroatoms. The summed E-state index contributed by atoms with van der Waals surface area (Å²) in [6.07, 6.45) is 0.994. The molecule has 2 aromatic rings. The van der Waals surface area contributed by atoms with Crippen LogP contribution in [0.4, 0.5) is 0 Å². The molecule has 0 aliphatic heterocycles. The molecule has 1 aromatic heterocycles. The Kier molecular flexibility index (Phi) is 4.39. The largest absolute Gasteiger partial charge is 0.496 e. The van der Waals surface area contributed by atoms with Crippen molar-refractivity contribution < 1.29 is 4.74 Å². The van der Waals surface area contributed by atoms with E-state index in [1.165, 1.54) is 16.0 Å². The summed E-state index contributed by atoms with van der Waals surface area (Å²) in [4.78, 5) is 1.39. The lowest BCUT2D eigenvalue weighted by atomic mass is 10.0. The Labute approximate surface area is 113 Å². The van der Waals surface area contributed by atoms with Gasteiger partial charge in [-0.15, -0.1) is 11.3 Å². The zero-order valence-electron chi connectivity index (χ0n) is 11.1. The maximum atomic E-state index is 5.49. The molecule has 0 fully saturated rings. The molecule has 0 saturated heterocycles. The van der Waals surface area contributed by atoms with Gasteiger partial charge in [-0.1, -0.05) is 18.2 Å². The molecule has 0 amide bonds. The average Bonchev–Trinajstić information content (AvgIpc) is 2.89. The van der Waals surface area contributed by atoms with Crippen LogP contribution in [0.3, 0.4) is 0 Å². The van der Waals surface area contributed by atoms with E-state index in [1.54, 1.807) is 18.4 Å². The monoisotopic (exact) mass is 261 g/mol. The van der Waals surface area contributed by atoms with Gasteiger partial charge in [0.2, 0.25) is 0 Å². The van der Waals surface area contributed by atoms with E-state index < -0.39 is 0 Å². The van der Waals surface area contributed by atoms with Crippen molar-refractivity contribution in [3.8, 4) is 5.75 Å². The second kappa shape index (κ2) is 6.03. The van der Waals surface area contributed by atoms with Crippen LogP contribution in [0.2, 0.25) is 0 Å². The normalized spacial score (nSPS) is 12.4. The summed E-state index contributed by atoms with van der Waals surface area (Å²) in [5.41, 5.74) is 2.44. The highest BCUT2D eigenvalue weighted by atomic mass is 32.1. The van der Waals surface area contributed by atoms with Crippen LogP contribution in [0.1, 0.15) is 22.0 Å². The first-order valence-corrected chi connectivity index (χ1v) is 6.96. The molecule has 2 nitrogen and oxygen atoms in total. The Morgan fingerprint density at radius 1 is 1.33 bits per heavy atom. The van der Waals surface area contributed by atoms with E-state index in [1.807, 2.05) is 7.05 Å². The summed E-state index contributed by atoms with van der Waals surface area (Å²) in [6, 6.07) is 10.9. The summed E-state index contributed by atoms with van der Waals surface area (Å²) in [7, 11) is 3.73. The van der Waals surface area contributed by atoms with Gasteiger partial charge in [-0.3, -0.25) is 0 Å². The number of methoxy groups -OCH3 is 1. The fourth-order valence-corrected chi connectivity index (χ4v) is 2.86. The third-order valence-corrected chi connectivity index (χ3v) is 4.00. The van der Waals surface area contributed by atoms with Crippen molar-refractivity contribution in [3.63, 3.8) is 0 Å². The first-order valence-electron chi connectivity index (χ1n) is 6.08. The highest BCUT2D eigenvalue weighted by molar-refractivity contribution is 7.09. The smallest absolute Gasteiger partial charge is 0.123 e. The van der Waals surface area contributed by atoms with Crippen LogP contribution in [0, 0.1) is 6.92 Å². The second-order valence-electron chi connectivity index (χ2n) is 4.37. The van der Waals surface area contributed by atoms with Crippen LogP contribution in [-0.2, 0) is 6.42 Å². The van der Waals surface area contributed by atoms with Crippen LogP contribution in [0.25, 0.3) is 0 Å². The van der Waals surface area contributed by atoms with Crippen molar-refractivity contribution in [2.45, 2.75) is 19.4 Å². The number of nitrogens with one attached hydrogen (secondary N) is 1. The van der Waals surface area contributed by atoms with E-state index in [4.69, 9.17) is 4.74 Å². The number of rotatable bonds is 5. The highest BCUT2D eigenvalue weighted by Crippen LogP contribution is 2.29.